The molecule has 0 fully saturated rings. The van der Waals surface area contributed by atoms with Crippen LogP contribution in [0, 0.1) is 6.57 Å². The molecule has 0 saturated heterocycles. The van der Waals surface area contributed by atoms with E-state index in [1.54, 1.807) is 20.8 Å². The number of carbonyl (C=O) groups excluding carboxylic acids is 2. The van der Waals surface area contributed by atoms with E-state index in [0.717, 1.165) is 72.0 Å². The number of fused-ring (bicyclic) bond motifs is 3. The van der Waals surface area contributed by atoms with Gasteiger partial charge in [0.2, 0.25) is 17.4 Å². The number of imidazole rings is 1. The SMILES string of the molecule is [C-]#[N+]C(C)(CCC(=O)NCCCCn1c(CCCC)nc2c(N)nc3ccccc3c21)CC(C)(SC(=S)c1ccccc1)C(=O)NCC(C)O. The number of nitrogens with zero attached hydrogens (tertiary/aromatic N) is 4. The molecule has 4 rings (SSSR count). The molecule has 0 spiro atoms. The minimum atomic E-state index is -1.10. The van der Waals surface area contributed by atoms with Crippen LogP contribution in [0.4, 0.5) is 5.82 Å². The number of amides is 2. The molecule has 10 nitrogen and oxygen atoms in total. The van der Waals surface area contributed by atoms with Gasteiger partial charge in [-0.1, -0.05) is 85.9 Å². The van der Waals surface area contributed by atoms with E-state index >= 15 is 0 Å². The summed E-state index contributed by atoms with van der Waals surface area (Å²) in [7, 11) is 0. The van der Waals surface area contributed by atoms with E-state index in [-0.39, 0.29) is 37.6 Å². The van der Waals surface area contributed by atoms with E-state index in [2.05, 4.69) is 38.0 Å². The molecule has 0 bridgehead atoms. The average molecular weight is 716 g/mol. The lowest BCUT2D eigenvalue weighted by Crippen LogP contribution is -2.48. The fourth-order valence-electron chi connectivity index (χ4n) is 6.10. The van der Waals surface area contributed by atoms with Gasteiger partial charge in [-0.25, -0.2) is 16.5 Å². The van der Waals surface area contributed by atoms with E-state index in [4.69, 9.17) is 29.5 Å². The molecule has 0 aliphatic carbocycles. The first kappa shape index (κ1) is 38.7. The Morgan fingerprint density at radius 2 is 1.80 bits per heavy atom. The predicted molar refractivity (Wildman–Crippen MR) is 208 cm³/mol. The number of hydrogen-bond donors (Lipinski definition) is 4. The molecule has 0 aliphatic heterocycles. The van der Waals surface area contributed by atoms with Gasteiger partial charge in [-0.2, -0.15) is 0 Å². The maximum atomic E-state index is 13.5. The summed E-state index contributed by atoms with van der Waals surface area (Å²) in [5.41, 5.74) is 8.76. The number of hydrogen-bond acceptors (Lipinski definition) is 8. The summed E-state index contributed by atoms with van der Waals surface area (Å²) in [5, 5.41) is 16.6. The summed E-state index contributed by atoms with van der Waals surface area (Å²) >= 11 is 6.94. The van der Waals surface area contributed by atoms with Crippen molar-refractivity contribution in [3.05, 3.63) is 77.4 Å². The second-order valence-corrected chi connectivity index (χ2v) is 15.6. The van der Waals surface area contributed by atoms with Crippen LogP contribution in [0.3, 0.4) is 0 Å². The Labute approximate surface area is 304 Å². The number of thioether (sulfide) groups is 1. The lowest BCUT2D eigenvalue weighted by Gasteiger charge is -2.32. The Morgan fingerprint density at radius 3 is 2.50 bits per heavy atom. The standard InChI is InChI=1S/C38H49N7O3S2/c1-6-7-19-30-44-32-33(28-17-11-12-18-29(28)43-34(32)39)45(30)23-14-13-22-41-31(47)20-21-37(3,40-5)25-38(4,36(48)42-24-26(2)46)50-35(49)27-15-9-8-10-16-27/h8-12,15-18,26,46H,6-7,13-14,19-25H2,1-4H3,(H2,39,43)(H,41,47)(H,42,48). The number of thiocarbonyl (C=S) groups is 1. The van der Waals surface area contributed by atoms with Crippen LogP contribution >= 0.6 is 24.0 Å². The summed E-state index contributed by atoms with van der Waals surface area (Å²) in [6.07, 6.45) is 4.44. The summed E-state index contributed by atoms with van der Waals surface area (Å²) in [4.78, 5) is 39.9. The van der Waals surface area contributed by atoms with Crippen molar-refractivity contribution >= 4 is 67.7 Å². The summed E-state index contributed by atoms with van der Waals surface area (Å²) in [6.45, 7) is 16.7. The lowest BCUT2D eigenvalue weighted by molar-refractivity contribution is -0.123. The Hall–Kier alpha value is -4.05. The molecule has 2 aromatic heterocycles. The fraction of sp³-hybridized carbons (Fsp3) is 0.474. The predicted octanol–water partition coefficient (Wildman–Crippen LogP) is 6.62. The van der Waals surface area contributed by atoms with Crippen LogP contribution in [0.2, 0.25) is 0 Å². The molecule has 50 heavy (non-hydrogen) atoms. The van der Waals surface area contributed by atoms with Crippen molar-refractivity contribution in [2.75, 3.05) is 18.8 Å². The van der Waals surface area contributed by atoms with Crippen molar-refractivity contribution in [1.29, 1.82) is 0 Å². The number of rotatable bonds is 18. The average Bonchev–Trinajstić information content (AvgIpc) is 3.47. The number of carbonyl (C=O) groups is 2. The third-order valence-corrected chi connectivity index (χ3v) is 10.5. The van der Waals surface area contributed by atoms with E-state index in [1.165, 1.54) is 11.8 Å². The van der Waals surface area contributed by atoms with Crippen molar-refractivity contribution in [3.8, 4) is 0 Å². The Bertz CT molecular complexity index is 1840. The highest BCUT2D eigenvalue weighted by molar-refractivity contribution is 8.25. The molecule has 2 amide bonds. The van der Waals surface area contributed by atoms with Gasteiger partial charge in [-0.15, -0.1) is 0 Å². The maximum absolute atomic E-state index is 13.5. The highest BCUT2D eigenvalue weighted by Crippen LogP contribution is 2.40. The number of anilines is 1. The van der Waals surface area contributed by atoms with E-state index < -0.39 is 16.4 Å². The van der Waals surface area contributed by atoms with Gasteiger partial charge >= 0.3 is 0 Å². The lowest BCUT2D eigenvalue weighted by atomic mass is 9.85. The van der Waals surface area contributed by atoms with Crippen molar-refractivity contribution in [2.45, 2.75) is 102 Å². The molecule has 0 saturated carbocycles. The van der Waals surface area contributed by atoms with Crippen molar-refractivity contribution in [1.82, 2.24) is 25.2 Å². The van der Waals surface area contributed by atoms with Crippen LogP contribution < -0.4 is 16.4 Å². The second kappa shape index (κ2) is 17.7. The molecule has 266 valence electrons. The van der Waals surface area contributed by atoms with Gasteiger partial charge in [0, 0.05) is 57.6 Å². The van der Waals surface area contributed by atoms with E-state index in [1.807, 2.05) is 48.5 Å². The topological polar surface area (TPSA) is 140 Å². The number of aromatic nitrogens is 3. The molecule has 12 heteroatoms. The van der Waals surface area contributed by atoms with Gasteiger partial charge in [0.15, 0.2) is 5.82 Å². The molecule has 0 aliphatic rings. The number of aliphatic hydroxyl groups is 1. The van der Waals surface area contributed by atoms with Gasteiger partial charge in [-0.05, 0) is 44.7 Å². The number of pyridine rings is 1. The maximum Gasteiger partial charge on any atom is 0.236 e. The third kappa shape index (κ3) is 10.0. The largest absolute Gasteiger partial charge is 0.392 e. The Kier molecular flexibility index (Phi) is 13.8. The van der Waals surface area contributed by atoms with Gasteiger partial charge < -0.3 is 30.9 Å². The van der Waals surface area contributed by atoms with Gasteiger partial charge in [0.25, 0.3) is 0 Å². The van der Waals surface area contributed by atoms with Crippen molar-refractivity contribution in [2.24, 2.45) is 0 Å². The minimum Gasteiger partial charge on any atom is -0.392 e. The second-order valence-electron chi connectivity index (χ2n) is 13.4. The number of aliphatic hydroxyl groups excluding tert-OH is 1. The number of nitrogen functional groups attached to an aromatic ring is 1. The van der Waals surface area contributed by atoms with Crippen LogP contribution in [0.15, 0.2) is 54.6 Å². The van der Waals surface area contributed by atoms with Crippen LogP contribution in [0.1, 0.15) is 84.0 Å². The molecular weight excluding hydrogens is 667 g/mol. The first-order chi connectivity index (χ1) is 23.9. The summed E-state index contributed by atoms with van der Waals surface area (Å²) in [6, 6.07) is 17.4. The van der Waals surface area contributed by atoms with Crippen LogP contribution in [0.25, 0.3) is 26.8 Å². The zero-order chi connectivity index (χ0) is 36.3. The molecule has 3 unspecified atom stereocenters. The fourth-order valence-corrected chi connectivity index (χ4v) is 8.00. The monoisotopic (exact) mass is 715 g/mol. The normalized spacial score (nSPS) is 14.4. The van der Waals surface area contributed by atoms with E-state index in [9.17, 15) is 14.7 Å². The Morgan fingerprint density at radius 1 is 1.08 bits per heavy atom. The number of para-hydroxylation sites is 1. The number of unbranched alkanes of at least 4 members (excludes halogenated alkanes) is 2. The van der Waals surface area contributed by atoms with Crippen LogP contribution in [-0.4, -0.2) is 65.1 Å². The Balaban J connectivity index is 1.36. The summed E-state index contributed by atoms with van der Waals surface area (Å²) < 4.78 is 1.71. The molecule has 2 heterocycles. The number of aryl methyl sites for hydroxylation is 2. The molecule has 5 N–H and O–H groups in total. The smallest absolute Gasteiger partial charge is 0.236 e. The summed E-state index contributed by atoms with van der Waals surface area (Å²) in [5.74, 6) is 1.00. The highest BCUT2D eigenvalue weighted by atomic mass is 32.2. The third-order valence-electron chi connectivity index (χ3n) is 8.82. The highest BCUT2D eigenvalue weighted by Gasteiger charge is 2.46. The van der Waals surface area contributed by atoms with Crippen molar-refractivity contribution < 1.29 is 14.7 Å². The molecule has 2 aromatic carbocycles. The zero-order valence-electron chi connectivity index (χ0n) is 29.5. The molecular formula is C38H49N7O3S2. The van der Waals surface area contributed by atoms with Gasteiger partial charge in [0.1, 0.15) is 16.1 Å². The van der Waals surface area contributed by atoms with Crippen LogP contribution in [-0.2, 0) is 22.6 Å². The molecule has 0 radical (unpaired) electrons. The van der Waals surface area contributed by atoms with Gasteiger partial charge in [0.05, 0.1) is 21.3 Å². The minimum absolute atomic E-state index is 0.0865. The van der Waals surface area contributed by atoms with Gasteiger partial charge in [-0.3, -0.25) is 9.59 Å². The number of nitrogens with two attached hydrogens (primary N) is 1. The molecule has 4 aromatic rings. The first-order valence-electron chi connectivity index (χ1n) is 17.3. The van der Waals surface area contributed by atoms with Crippen LogP contribution in [0.5, 0.6) is 0 Å². The first-order valence-corrected chi connectivity index (χ1v) is 18.6. The number of benzene rings is 2. The molecule has 3 atom stereocenters. The van der Waals surface area contributed by atoms with Crippen molar-refractivity contribution in [3.63, 3.8) is 0 Å². The quantitative estimate of drug-likeness (QED) is 0.0513. The number of nitrogens with one attached hydrogen (secondary N) is 2. The zero-order valence-corrected chi connectivity index (χ0v) is 31.1. The van der Waals surface area contributed by atoms with E-state index in [0.29, 0.717) is 16.6 Å².